The lowest BCUT2D eigenvalue weighted by Crippen LogP contribution is -2.18. The van der Waals surface area contributed by atoms with Crippen LogP contribution in [0.3, 0.4) is 0 Å². The summed E-state index contributed by atoms with van der Waals surface area (Å²) in [5.74, 6) is 0.322. The van der Waals surface area contributed by atoms with Gasteiger partial charge < -0.3 is 4.74 Å². The van der Waals surface area contributed by atoms with Crippen molar-refractivity contribution >= 4 is 5.91 Å². The fraction of sp³-hybridized carbons (Fsp3) is 0.222. The molecule has 5 nitrogen and oxygen atoms in total. The Labute approximate surface area is 135 Å². The lowest BCUT2D eigenvalue weighted by atomic mass is 10.0. The molecule has 0 aliphatic heterocycles. The van der Waals surface area contributed by atoms with Gasteiger partial charge in [-0.1, -0.05) is 36.4 Å². The zero-order valence-corrected chi connectivity index (χ0v) is 12.7. The molecule has 0 saturated heterocycles. The van der Waals surface area contributed by atoms with E-state index in [1.54, 1.807) is 5.48 Å². The van der Waals surface area contributed by atoms with Crippen LogP contribution in [0.5, 0.6) is 5.75 Å². The molecular weight excluding hydrogens is 292 g/mol. The highest BCUT2D eigenvalue weighted by Gasteiger charge is 2.01. The molecule has 23 heavy (non-hydrogen) atoms. The number of amides is 1. The summed E-state index contributed by atoms with van der Waals surface area (Å²) in [6.45, 7) is 0.412. The molecule has 2 aromatic rings. The lowest BCUT2D eigenvalue weighted by Gasteiger charge is -2.07. The molecule has 0 aliphatic rings. The fourth-order valence-corrected chi connectivity index (χ4v) is 2.13. The fourth-order valence-electron chi connectivity index (χ4n) is 2.13. The van der Waals surface area contributed by atoms with Crippen molar-refractivity contribution in [3.63, 3.8) is 0 Å². The van der Waals surface area contributed by atoms with Crippen LogP contribution in [0, 0.1) is 11.3 Å². The van der Waals surface area contributed by atoms with E-state index in [0.29, 0.717) is 19.4 Å². The third-order valence-electron chi connectivity index (χ3n) is 3.37. The van der Waals surface area contributed by atoms with E-state index >= 15 is 0 Å². The number of benzene rings is 2. The zero-order valence-electron chi connectivity index (χ0n) is 12.7. The Morgan fingerprint density at radius 1 is 1.09 bits per heavy atom. The van der Waals surface area contributed by atoms with Gasteiger partial charge >= 0.3 is 0 Å². The first-order chi connectivity index (χ1) is 11.2. The first-order valence-corrected chi connectivity index (χ1v) is 7.35. The van der Waals surface area contributed by atoms with Gasteiger partial charge in [0.1, 0.15) is 5.75 Å². The number of carbonyl (C=O) groups is 1. The zero-order chi connectivity index (χ0) is 16.5. The predicted octanol–water partition coefficient (Wildman–Crippen LogP) is 3.08. The van der Waals surface area contributed by atoms with Gasteiger partial charge in [0.05, 0.1) is 19.1 Å². The summed E-state index contributed by atoms with van der Waals surface area (Å²) in [7, 11) is 0. The van der Waals surface area contributed by atoms with E-state index in [4.69, 9.17) is 15.2 Å². The summed E-state index contributed by atoms with van der Waals surface area (Å²) in [5.41, 5.74) is 4.74. The van der Waals surface area contributed by atoms with Crippen molar-refractivity contribution in [2.75, 3.05) is 6.61 Å². The second-order valence-corrected chi connectivity index (χ2v) is 5.04. The van der Waals surface area contributed by atoms with Gasteiger partial charge in [-0.15, -0.1) is 0 Å². The Balaban J connectivity index is 1.89. The van der Waals surface area contributed by atoms with E-state index in [9.17, 15) is 4.79 Å². The summed E-state index contributed by atoms with van der Waals surface area (Å²) in [5, 5.41) is 17.1. The van der Waals surface area contributed by atoms with E-state index in [1.165, 1.54) is 0 Å². The van der Waals surface area contributed by atoms with Gasteiger partial charge in [-0.05, 0) is 35.2 Å². The number of ether oxygens (including phenoxy) is 1. The summed E-state index contributed by atoms with van der Waals surface area (Å²) >= 11 is 0. The standard InChI is InChI=1S/C18H18N2O3/c19-12-11-14-3-5-15(6-4-14)16-7-9-17(10-8-16)23-13-1-2-18(21)20-22/h3-10,22H,1-2,11,13H2,(H,20,21). The van der Waals surface area contributed by atoms with Gasteiger partial charge in [-0.25, -0.2) is 5.48 Å². The molecule has 118 valence electrons. The van der Waals surface area contributed by atoms with Crippen molar-refractivity contribution in [1.82, 2.24) is 5.48 Å². The Morgan fingerprint density at radius 3 is 2.26 bits per heavy atom. The van der Waals surface area contributed by atoms with Gasteiger partial charge in [0.15, 0.2) is 0 Å². The Morgan fingerprint density at radius 2 is 1.70 bits per heavy atom. The number of hydroxylamine groups is 1. The number of rotatable bonds is 7. The van der Waals surface area contributed by atoms with Crippen molar-refractivity contribution in [2.24, 2.45) is 0 Å². The average Bonchev–Trinajstić information content (AvgIpc) is 2.60. The third kappa shape index (κ3) is 5.13. The highest BCUT2D eigenvalue weighted by atomic mass is 16.5. The van der Waals surface area contributed by atoms with Crippen LogP contribution in [-0.4, -0.2) is 17.7 Å². The van der Waals surface area contributed by atoms with Crippen LogP contribution in [0.4, 0.5) is 0 Å². The van der Waals surface area contributed by atoms with E-state index in [0.717, 1.165) is 22.4 Å². The monoisotopic (exact) mass is 310 g/mol. The number of carbonyl (C=O) groups excluding carboxylic acids is 1. The van der Waals surface area contributed by atoms with Crippen LogP contribution in [-0.2, 0) is 11.2 Å². The van der Waals surface area contributed by atoms with Crippen LogP contribution in [0.1, 0.15) is 18.4 Å². The number of nitrogens with zero attached hydrogens (tertiary/aromatic N) is 1. The Bertz CT molecular complexity index is 673. The maximum atomic E-state index is 10.9. The highest BCUT2D eigenvalue weighted by molar-refractivity contribution is 5.74. The number of hydrogen-bond donors (Lipinski definition) is 2. The highest BCUT2D eigenvalue weighted by Crippen LogP contribution is 2.23. The molecule has 0 aromatic heterocycles. The largest absolute Gasteiger partial charge is 0.494 e. The third-order valence-corrected chi connectivity index (χ3v) is 3.37. The molecule has 0 atom stereocenters. The number of nitrogens with one attached hydrogen (secondary N) is 1. The minimum absolute atomic E-state index is 0.226. The van der Waals surface area contributed by atoms with Gasteiger partial charge in [0, 0.05) is 6.42 Å². The molecule has 1 amide bonds. The van der Waals surface area contributed by atoms with Crippen LogP contribution in [0.2, 0.25) is 0 Å². The van der Waals surface area contributed by atoms with Crippen LogP contribution in [0.25, 0.3) is 11.1 Å². The molecule has 0 heterocycles. The summed E-state index contributed by atoms with van der Waals surface area (Å²) in [6.07, 6.45) is 1.18. The maximum absolute atomic E-state index is 10.9. The van der Waals surface area contributed by atoms with Crippen LogP contribution < -0.4 is 10.2 Å². The van der Waals surface area contributed by atoms with Crippen molar-refractivity contribution in [3.8, 4) is 22.9 Å². The lowest BCUT2D eigenvalue weighted by molar-refractivity contribution is -0.129. The van der Waals surface area contributed by atoms with Gasteiger partial charge in [0.25, 0.3) is 0 Å². The molecule has 2 rings (SSSR count). The molecule has 0 saturated carbocycles. The quantitative estimate of drug-likeness (QED) is 0.468. The first kappa shape index (κ1) is 16.5. The van der Waals surface area contributed by atoms with E-state index < -0.39 is 5.91 Å². The summed E-state index contributed by atoms with van der Waals surface area (Å²) < 4.78 is 5.55. The van der Waals surface area contributed by atoms with Gasteiger partial charge in [0.2, 0.25) is 5.91 Å². The predicted molar refractivity (Wildman–Crippen MR) is 85.9 cm³/mol. The average molecular weight is 310 g/mol. The first-order valence-electron chi connectivity index (χ1n) is 7.35. The second kappa shape index (κ2) is 8.57. The molecule has 2 aromatic carbocycles. The van der Waals surface area contributed by atoms with Gasteiger partial charge in [-0.3, -0.25) is 10.0 Å². The number of hydrogen-bond acceptors (Lipinski definition) is 4. The van der Waals surface area contributed by atoms with Crippen molar-refractivity contribution in [1.29, 1.82) is 5.26 Å². The molecule has 0 bridgehead atoms. The minimum Gasteiger partial charge on any atom is -0.494 e. The van der Waals surface area contributed by atoms with Crippen LogP contribution >= 0.6 is 0 Å². The Hall–Kier alpha value is -2.84. The topological polar surface area (TPSA) is 82.3 Å². The minimum atomic E-state index is -0.413. The SMILES string of the molecule is N#CCc1ccc(-c2ccc(OCCCC(=O)NO)cc2)cc1. The van der Waals surface area contributed by atoms with Crippen molar-refractivity contribution in [2.45, 2.75) is 19.3 Å². The Kier molecular flexibility index (Phi) is 6.16. The number of nitriles is 1. The molecule has 2 N–H and O–H groups in total. The van der Waals surface area contributed by atoms with Gasteiger partial charge in [-0.2, -0.15) is 5.26 Å². The molecule has 0 aliphatic carbocycles. The summed E-state index contributed by atoms with van der Waals surface area (Å²) in [4.78, 5) is 10.9. The normalized spacial score (nSPS) is 9.91. The summed E-state index contributed by atoms with van der Waals surface area (Å²) in [6, 6.07) is 17.7. The smallest absolute Gasteiger partial charge is 0.243 e. The van der Waals surface area contributed by atoms with E-state index in [-0.39, 0.29) is 6.42 Å². The van der Waals surface area contributed by atoms with E-state index in [2.05, 4.69) is 6.07 Å². The van der Waals surface area contributed by atoms with Crippen molar-refractivity contribution < 1.29 is 14.7 Å². The maximum Gasteiger partial charge on any atom is 0.243 e. The molecule has 5 heteroatoms. The molecule has 0 fully saturated rings. The molecular formula is C18H18N2O3. The van der Waals surface area contributed by atoms with Crippen LogP contribution in [0.15, 0.2) is 48.5 Å². The van der Waals surface area contributed by atoms with Crippen molar-refractivity contribution in [3.05, 3.63) is 54.1 Å². The second-order valence-electron chi connectivity index (χ2n) is 5.04. The molecule has 0 spiro atoms. The van der Waals surface area contributed by atoms with E-state index in [1.807, 2.05) is 48.5 Å². The molecule has 0 radical (unpaired) electrons. The molecule has 0 unspecified atom stereocenters.